The van der Waals surface area contributed by atoms with Gasteiger partial charge in [0.1, 0.15) is 28.5 Å². The predicted molar refractivity (Wildman–Crippen MR) is 138 cm³/mol. The van der Waals surface area contributed by atoms with E-state index < -0.39 is 29.1 Å². The average molecular weight is 552 g/mol. The maximum Gasteiger partial charge on any atom is 0.325 e. The Morgan fingerprint density at radius 1 is 1.07 bits per heavy atom. The number of H-pyrrole nitrogens is 1. The van der Waals surface area contributed by atoms with Crippen molar-refractivity contribution in [1.82, 2.24) is 15.2 Å². The molecule has 204 valence electrons. The molecule has 0 aliphatic heterocycles. The van der Waals surface area contributed by atoms with Crippen LogP contribution in [-0.2, 0) is 0 Å². The van der Waals surface area contributed by atoms with Crippen molar-refractivity contribution in [3.63, 3.8) is 0 Å². The first-order valence-electron chi connectivity index (χ1n) is 11.9. The van der Waals surface area contributed by atoms with Crippen molar-refractivity contribution in [2.24, 2.45) is 0 Å². The Labute approximate surface area is 224 Å². The number of aromatic nitrogens is 4. The van der Waals surface area contributed by atoms with Crippen molar-refractivity contribution in [2.75, 3.05) is 17.2 Å². The Balaban J connectivity index is 1.38. The largest absolute Gasteiger partial charge is 0.456 e. The van der Waals surface area contributed by atoms with Crippen LogP contribution in [0.5, 0.6) is 11.5 Å². The molecule has 0 fully saturated rings. The standard InChI is InChI=1S/C27H21F3N6O4/c1-14(13-37)32-26-23-22(10-11-31-25(23)34-35-26)40-17-6-8-20(19(30)12-17)33-27(38)21-9-7-18(29)24(36(21)39)15-2-4-16(28)5-3-15/h2-12,14,33,37-39H,13H2,1H3/p+1/t14-/m1/s1. The smallest absolute Gasteiger partial charge is 0.325 e. The van der Waals surface area contributed by atoms with Gasteiger partial charge in [-0.1, -0.05) is 0 Å². The summed E-state index contributed by atoms with van der Waals surface area (Å²) in [6.45, 7) is 1.62. The van der Waals surface area contributed by atoms with Crippen LogP contribution in [0.15, 0.2) is 66.9 Å². The Morgan fingerprint density at radius 2 is 1.85 bits per heavy atom. The predicted octanol–water partition coefficient (Wildman–Crippen LogP) is 4.40. The highest BCUT2D eigenvalue weighted by atomic mass is 19.1. The van der Waals surface area contributed by atoms with Gasteiger partial charge in [0.05, 0.1) is 17.9 Å². The number of carbonyl (C=O) groups is 1. The molecule has 0 saturated heterocycles. The topological polar surface area (TPSA) is 136 Å². The minimum atomic E-state index is -0.929. The van der Waals surface area contributed by atoms with Crippen molar-refractivity contribution in [1.29, 1.82) is 0 Å². The summed E-state index contributed by atoms with van der Waals surface area (Å²) in [7, 11) is 0. The number of benzene rings is 2. The first-order chi connectivity index (χ1) is 19.2. The van der Waals surface area contributed by atoms with E-state index >= 15 is 0 Å². The van der Waals surface area contributed by atoms with Crippen LogP contribution in [0.3, 0.4) is 0 Å². The first kappa shape index (κ1) is 26.4. The van der Waals surface area contributed by atoms with Gasteiger partial charge in [-0.25, -0.2) is 13.8 Å². The van der Waals surface area contributed by atoms with Crippen LogP contribution in [0.1, 0.15) is 17.4 Å². The summed E-state index contributed by atoms with van der Waals surface area (Å²) in [5.74, 6) is -2.39. The molecule has 0 aliphatic rings. The number of hydrogen-bond donors (Lipinski definition) is 5. The third kappa shape index (κ3) is 5.22. The van der Waals surface area contributed by atoms with Gasteiger partial charge in [0.15, 0.2) is 17.3 Å². The molecular weight excluding hydrogens is 529 g/mol. The SMILES string of the molecule is C[C@H](CO)Nc1n[nH]c2nccc(Oc3ccc(NC(=O)c4ccc(F)c(-c5ccc(F)cc5)[n+]4O)c(F)c3)c12. The van der Waals surface area contributed by atoms with Crippen LogP contribution < -0.4 is 20.1 Å². The molecule has 5 rings (SSSR count). The second-order valence-electron chi connectivity index (χ2n) is 8.76. The number of aliphatic hydroxyl groups is 1. The fourth-order valence-corrected chi connectivity index (χ4v) is 3.93. The highest BCUT2D eigenvalue weighted by molar-refractivity contribution is 6.02. The molecule has 40 heavy (non-hydrogen) atoms. The molecule has 0 unspecified atom stereocenters. The third-order valence-electron chi connectivity index (χ3n) is 5.90. The number of carbonyl (C=O) groups excluding carboxylic acids is 1. The minimum absolute atomic E-state index is 0.1000. The quantitative estimate of drug-likeness (QED) is 0.142. The van der Waals surface area contributed by atoms with Crippen molar-refractivity contribution in [3.05, 3.63) is 90.0 Å². The second-order valence-corrected chi connectivity index (χ2v) is 8.76. The maximum atomic E-state index is 15.0. The van der Waals surface area contributed by atoms with Gasteiger partial charge in [0, 0.05) is 35.2 Å². The van der Waals surface area contributed by atoms with Crippen molar-refractivity contribution < 1.29 is 37.7 Å². The number of pyridine rings is 2. The zero-order chi connectivity index (χ0) is 28.4. The van der Waals surface area contributed by atoms with E-state index in [0.29, 0.717) is 27.3 Å². The molecule has 3 aromatic heterocycles. The number of fused-ring (bicyclic) bond motifs is 1. The average Bonchev–Trinajstić information content (AvgIpc) is 3.34. The lowest BCUT2D eigenvalue weighted by Gasteiger charge is -2.12. The van der Waals surface area contributed by atoms with Crippen LogP contribution in [0.25, 0.3) is 22.3 Å². The van der Waals surface area contributed by atoms with Crippen molar-refractivity contribution in [3.8, 4) is 22.8 Å². The molecule has 0 saturated carbocycles. The highest BCUT2D eigenvalue weighted by Crippen LogP contribution is 2.34. The third-order valence-corrected chi connectivity index (χ3v) is 5.90. The number of rotatable bonds is 8. The molecule has 5 N–H and O–H groups in total. The van der Waals surface area contributed by atoms with Gasteiger partial charge < -0.3 is 20.5 Å². The molecule has 2 aromatic carbocycles. The summed E-state index contributed by atoms with van der Waals surface area (Å²) >= 11 is 0. The van der Waals surface area contributed by atoms with E-state index in [9.17, 15) is 28.3 Å². The molecule has 0 spiro atoms. The van der Waals surface area contributed by atoms with Gasteiger partial charge in [-0.05, 0) is 49.4 Å². The summed E-state index contributed by atoms with van der Waals surface area (Å²) < 4.78 is 48.9. The van der Waals surface area contributed by atoms with Crippen molar-refractivity contribution in [2.45, 2.75) is 13.0 Å². The van der Waals surface area contributed by atoms with E-state index in [1.807, 2.05) is 0 Å². The fraction of sp³-hybridized carbons (Fsp3) is 0.111. The van der Waals surface area contributed by atoms with Gasteiger partial charge in [0.25, 0.3) is 0 Å². The van der Waals surface area contributed by atoms with Crippen LogP contribution in [-0.4, -0.2) is 44.1 Å². The number of aliphatic hydroxyl groups excluding tert-OH is 1. The van der Waals surface area contributed by atoms with Crippen LogP contribution in [0, 0.1) is 17.5 Å². The Hall–Kier alpha value is -5.17. The summed E-state index contributed by atoms with van der Waals surface area (Å²) in [4.78, 5) is 17.1. The Bertz CT molecular complexity index is 1710. The van der Waals surface area contributed by atoms with E-state index in [0.717, 1.165) is 30.3 Å². The monoisotopic (exact) mass is 551 g/mol. The van der Waals surface area contributed by atoms with E-state index in [1.165, 1.54) is 30.5 Å². The number of nitrogens with zero attached hydrogens (tertiary/aromatic N) is 3. The van der Waals surface area contributed by atoms with Gasteiger partial charge in [-0.15, -0.1) is 0 Å². The fourth-order valence-electron chi connectivity index (χ4n) is 3.93. The number of nitrogens with one attached hydrogen (secondary N) is 3. The molecule has 1 atom stereocenters. The van der Waals surface area contributed by atoms with Gasteiger partial charge in [-0.3, -0.25) is 15.1 Å². The molecule has 0 bridgehead atoms. The number of ether oxygens (including phenoxy) is 1. The van der Waals surface area contributed by atoms with E-state index in [-0.39, 0.29) is 35.3 Å². The minimum Gasteiger partial charge on any atom is -0.456 e. The van der Waals surface area contributed by atoms with E-state index in [4.69, 9.17) is 4.74 Å². The van der Waals surface area contributed by atoms with Crippen LogP contribution >= 0.6 is 0 Å². The number of aromatic amines is 1. The number of anilines is 2. The molecule has 0 aliphatic carbocycles. The van der Waals surface area contributed by atoms with Crippen molar-refractivity contribution >= 4 is 28.4 Å². The number of halogens is 3. The lowest BCUT2D eigenvalue weighted by atomic mass is 10.1. The molecule has 13 heteroatoms. The lowest BCUT2D eigenvalue weighted by molar-refractivity contribution is -0.897. The zero-order valence-electron chi connectivity index (χ0n) is 20.8. The van der Waals surface area contributed by atoms with E-state index in [2.05, 4.69) is 25.8 Å². The lowest BCUT2D eigenvalue weighted by Crippen LogP contribution is -2.42. The molecule has 5 aromatic rings. The number of hydrogen-bond acceptors (Lipinski definition) is 7. The highest BCUT2D eigenvalue weighted by Gasteiger charge is 2.29. The van der Waals surface area contributed by atoms with Crippen LogP contribution in [0.4, 0.5) is 24.7 Å². The molecule has 3 heterocycles. The molecule has 0 radical (unpaired) electrons. The first-order valence-corrected chi connectivity index (χ1v) is 11.9. The molecule has 10 nitrogen and oxygen atoms in total. The zero-order valence-corrected chi connectivity index (χ0v) is 20.8. The van der Waals surface area contributed by atoms with Gasteiger partial charge >= 0.3 is 17.3 Å². The summed E-state index contributed by atoms with van der Waals surface area (Å²) in [6, 6.07) is 11.6. The maximum absolute atomic E-state index is 15.0. The Kier molecular flexibility index (Phi) is 7.21. The number of amides is 1. The second kappa shape index (κ2) is 10.9. The van der Waals surface area contributed by atoms with E-state index in [1.54, 1.807) is 13.0 Å². The van der Waals surface area contributed by atoms with Gasteiger partial charge in [0.2, 0.25) is 0 Å². The normalized spacial score (nSPS) is 11.8. The van der Waals surface area contributed by atoms with Gasteiger partial charge in [-0.2, -0.15) is 9.49 Å². The van der Waals surface area contributed by atoms with Crippen LogP contribution in [0.2, 0.25) is 0 Å². The molecule has 1 amide bonds. The summed E-state index contributed by atoms with van der Waals surface area (Å²) in [6.07, 6.45) is 1.48. The summed E-state index contributed by atoms with van der Waals surface area (Å²) in [5, 5.41) is 32.7. The summed E-state index contributed by atoms with van der Waals surface area (Å²) in [5.41, 5.74) is -0.465. The Morgan fingerprint density at radius 3 is 2.58 bits per heavy atom. The molecular formula is C27H22F3N6O4+.